The average Bonchev–Trinajstić information content (AvgIpc) is 2.18. The van der Waals surface area contributed by atoms with Crippen molar-refractivity contribution < 1.29 is 9.84 Å². The molecule has 14 heavy (non-hydrogen) atoms. The summed E-state index contributed by atoms with van der Waals surface area (Å²) in [5.74, 6) is 2.63. The van der Waals surface area contributed by atoms with Crippen molar-refractivity contribution in [2.45, 2.75) is 18.8 Å². The Balaban J connectivity index is 2.57. The average molecular weight is 210 g/mol. The number of benzene rings is 1. The molecule has 1 heterocycles. The van der Waals surface area contributed by atoms with Crippen LogP contribution in [0, 0.1) is 6.92 Å². The maximum atomic E-state index is 9.89. The van der Waals surface area contributed by atoms with Gasteiger partial charge in [0.15, 0.2) is 0 Å². The Kier molecular flexibility index (Phi) is 2.70. The second-order valence-corrected chi connectivity index (χ2v) is 4.54. The zero-order valence-electron chi connectivity index (χ0n) is 8.41. The van der Waals surface area contributed by atoms with E-state index in [0.717, 1.165) is 33.9 Å². The third-order valence-corrected chi connectivity index (χ3v) is 3.65. The number of aliphatic hydroxyl groups excluding tert-OH is 1. The lowest BCUT2D eigenvalue weighted by atomic mass is 9.97. The third kappa shape index (κ3) is 1.51. The molecule has 0 radical (unpaired) electrons. The van der Waals surface area contributed by atoms with Crippen molar-refractivity contribution in [3.63, 3.8) is 0 Å². The van der Waals surface area contributed by atoms with Gasteiger partial charge in [-0.25, -0.2) is 0 Å². The van der Waals surface area contributed by atoms with E-state index in [1.54, 1.807) is 18.9 Å². The highest BCUT2D eigenvalue weighted by molar-refractivity contribution is 7.98. The third-order valence-electron chi connectivity index (χ3n) is 2.61. The van der Waals surface area contributed by atoms with Crippen molar-refractivity contribution in [1.82, 2.24) is 0 Å². The zero-order valence-corrected chi connectivity index (χ0v) is 9.23. The molecule has 3 heteroatoms. The van der Waals surface area contributed by atoms with Crippen LogP contribution in [0.5, 0.6) is 5.75 Å². The minimum atomic E-state index is -0.334. The van der Waals surface area contributed by atoms with Crippen molar-refractivity contribution in [2.75, 3.05) is 12.9 Å². The van der Waals surface area contributed by atoms with Gasteiger partial charge in [-0.1, -0.05) is 6.07 Å². The number of hydrogen-bond donors (Lipinski definition) is 1. The molecule has 1 aliphatic heterocycles. The highest BCUT2D eigenvalue weighted by Crippen LogP contribution is 2.38. The maximum Gasteiger partial charge on any atom is 0.123 e. The van der Waals surface area contributed by atoms with E-state index in [1.807, 2.05) is 19.1 Å². The first-order valence-corrected chi connectivity index (χ1v) is 5.81. The summed E-state index contributed by atoms with van der Waals surface area (Å²) in [5, 5.41) is 9.89. The topological polar surface area (TPSA) is 29.5 Å². The molecule has 0 amide bonds. The Morgan fingerprint density at radius 3 is 3.00 bits per heavy atom. The van der Waals surface area contributed by atoms with Crippen LogP contribution in [0.2, 0.25) is 0 Å². The van der Waals surface area contributed by atoms with Gasteiger partial charge in [-0.2, -0.15) is 11.8 Å². The van der Waals surface area contributed by atoms with Gasteiger partial charge in [-0.3, -0.25) is 0 Å². The largest absolute Gasteiger partial charge is 0.496 e. The maximum absolute atomic E-state index is 9.89. The Hall–Kier alpha value is -0.670. The molecule has 0 saturated carbocycles. The number of thioether (sulfide) groups is 1. The Morgan fingerprint density at radius 1 is 1.50 bits per heavy atom. The number of methoxy groups -OCH3 is 1. The number of ether oxygens (including phenoxy) is 1. The van der Waals surface area contributed by atoms with Gasteiger partial charge in [0.2, 0.25) is 0 Å². The van der Waals surface area contributed by atoms with Crippen molar-refractivity contribution in [3.05, 3.63) is 28.8 Å². The first-order valence-electron chi connectivity index (χ1n) is 4.66. The molecular weight excluding hydrogens is 196 g/mol. The van der Waals surface area contributed by atoms with Crippen LogP contribution >= 0.6 is 11.8 Å². The molecule has 0 unspecified atom stereocenters. The van der Waals surface area contributed by atoms with Crippen LogP contribution in [0.15, 0.2) is 12.1 Å². The predicted molar refractivity (Wildman–Crippen MR) is 58.9 cm³/mol. The Bertz CT molecular complexity index is 349. The molecule has 76 valence electrons. The van der Waals surface area contributed by atoms with Crippen LogP contribution in [0.3, 0.4) is 0 Å². The highest BCUT2D eigenvalue weighted by atomic mass is 32.2. The van der Waals surface area contributed by atoms with Gasteiger partial charge < -0.3 is 9.84 Å². The Labute approximate surface area is 88.3 Å². The molecule has 0 bridgehead atoms. The summed E-state index contributed by atoms with van der Waals surface area (Å²) in [4.78, 5) is 0. The molecular formula is C11H14O2S. The van der Waals surface area contributed by atoms with Gasteiger partial charge in [-0.05, 0) is 24.1 Å². The molecule has 0 spiro atoms. The number of aliphatic hydroxyl groups is 1. The monoisotopic (exact) mass is 210 g/mol. The molecule has 1 atom stereocenters. The van der Waals surface area contributed by atoms with Crippen LogP contribution < -0.4 is 4.74 Å². The van der Waals surface area contributed by atoms with Crippen molar-refractivity contribution in [1.29, 1.82) is 0 Å². The van der Waals surface area contributed by atoms with E-state index >= 15 is 0 Å². The summed E-state index contributed by atoms with van der Waals surface area (Å²) >= 11 is 1.75. The number of rotatable bonds is 1. The van der Waals surface area contributed by atoms with E-state index in [-0.39, 0.29) is 6.10 Å². The van der Waals surface area contributed by atoms with Gasteiger partial charge in [0, 0.05) is 17.1 Å². The van der Waals surface area contributed by atoms with Gasteiger partial charge >= 0.3 is 0 Å². The van der Waals surface area contributed by atoms with E-state index < -0.39 is 0 Å². The lowest BCUT2D eigenvalue weighted by Crippen LogP contribution is -2.12. The van der Waals surface area contributed by atoms with E-state index in [2.05, 4.69) is 0 Å². The highest BCUT2D eigenvalue weighted by Gasteiger charge is 2.23. The standard InChI is InChI=1S/C11H14O2S/c1-7-3-4-10(13-2)8-5-14-6-9(12)11(7)8/h3-4,9,12H,5-6H2,1-2H3/t9-/m0/s1. The zero-order chi connectivity index (χ0) is 10.1. The number of aryl methyl sites for hydroxylation is 1. The molecule has 1 N–H and O–H groups in total. The van der Waals surface area contributed by atoms with E-state index in [0.29, 0.717) is 0 Å². The molecule has 1 aromatic rings. The number of hydrogen-bond acceptors (Lipinski definition) is 3. The SMILES string of the molecule is COc1ccc(C)c2c1CSC[C@@H]2O. The van der Waals surface area contributed by atoms with Crippen LogP contribution in [0.25, 0.3) is 0 Å². The second kappa shape index (κ2) is 3.83. The van der Waals surface area contributed by atoms with Crippen molar-refractivity contribution in [3.8, 4) is 5.75 Å². The smallest absolute Gasteiger partial charge is 0.123 e. The van der Waals surface area contributed by atoms with Crippen LogP contribution in [-0.4, -0.2) is 18.0 Å². The molecule has 0 fully saturated rings. The minimum Gasteiger partial charge on any atom is -0.496 e. The molecule has 1 aliphatic rings. The van der Waals surface area contributed by atoms with E-state index in [9.17, 15) is 5.11 Å². The fourth-order valence-electron chi connectivity index (χ4n) is 1.92. The lowest BCUT2D eigenvalue weighted by Gasteiger charge is -2.24. The summed E-state index contributed by atoms with van der Waals surface area (Å²) in [7, 11) is 1.68. The van der Waals surface area contributed by atoms with Gasteiger partial charge in [0.1, 0.15) is 5.75 Å². The minimum absolute atomic E-state index is 0.334. The normalized spacial score (nSPS) is 20.4. The van der Waals surface area contributed by atoms with Gasteiger partial charge in [0.05, 0.1) is 13.2 Å². The first kappa shape index (κ1) is 9.87. The fraction of sp³-hybridized carbons (Fsp3) is 0.455. The predicted octanol–water partition coefficient (Wildman–Crippen LogP) is 2.28. The fourth-order valence-corrected chi connectivity index (χ4v) is 2.93. The molecule has 0 aliphatic carbocycles. The summed E-state index contributed by atoms with van der Waals surface area (Å²) in [6, 6.07) is 3.99. The van der Waals surface area contributed by atoms with E-state index in [4.69, 9.17) is 4.74 Å². The number of fused-ring (bicyclic) bond motifs is 1. The quantitative estimate of drug-likeness (QED) is 0.771. The van der Waals surface area contributed by atoms with Crippen LogP contribution in [0.1, 0.15) is 22.8 Å². The summed E-state index contributed by atoms with van der Waals surface area (Å²) in [5.41, 5.74) is 3.40. The Morgan fingerprint density at radius 2 is 2.29 bits per heavy atom. The van der Waals surface area contributed by atoms with Gasteiger partial charge in [0.25, 0.3) is 0 Å². The lowest BCUT2D eigenvalue weighted by molar-refractivity contribution is 0.200. The summed E-state index contributed by atoms with van der Waals surface area (Å²) < 4.78 is 5.29. The molecule has 0 saturated heterocycles. The van der Waals surface area contributed by atoms with Crippen molar-refractivity contribution in [2.24, 2.45) is 0 Å². The van der Waals surface area contributed by atoms with Gasteiger partial charge in [-0.15, -0.1) is 0 Å². The first-order chi connectivity index (χ1) is 6.74. The second-order valence-electron chi connectivity index (χ2n) is 3.51. The van der Waals surface area contributed by atoms with Crippen LogP contribution in [-0.2, 0) is 5.75 Å². The summed E-state index contributed by atoms with van der Waals surface area (Å²) in [6.45, 7) is 2.04. The van der Waals surface area contributed by atoms with Crippen molar-refractivity contribution >= 4 is 11.8 Å². The molecule has 0 aromatic heterocycles. The molecule has 2 nitrogen and oxygen atoms in total. The summed E-state index contributed by atoms with van der Waals surface area (Å²) in [6.07, 6.45) is -0.334. The molecule has 1 aromatic carbocycles. The van der Waals surface area contributed by atoms with E-state index in [1.165, 1.54) is 0 Å². The van der Waals surface area contributed by atoms with Crippen LogP contribution in [0.4, 0.5) is 0 Å². The molecule has 2 rings (SSSR count).